The Morgan fingerprint density at radius 2 is 1.69 bits per heavy atom. The summed E-state index contributed by atoms with van der Waals surface area (Å²) in [4.78, 5) is 29.9. The van der Waals surface area contributed by atoms with Crippen LogP contribution in [0.25, 0.3) is 0 Å². The zero-order valence-electron chi connectivity index (χ0n) is 20.7. The minimum Gasteiger partial charge on any atom is -0.611 e. The van der Waals surface area contributed by atoms with E-state index in [4.69, 9.17) is 14.9 Å². The molecule has 0 aromatic rings. The van der Waals surface area contributed by atoms with Crippen LogP contribution in [0.2, 0.25) is 0 Å². The molecule has 0 aliphatic rings. The van der Waals surface area contributed by atoms with Gasteiger partial charge in [-0.15, -0.1) is 35.3 Å². The molecule has 2 N–H and O–H groups in total. The van der Waals surface area contributed by atoms with Crippen molar-refractivity contribution >= 4 is 111 Å². The zero-order valence-corrected chi connectivity index (χ0v) is 27.2. The van der Waals surface area contributed by atoms with Crippen LogP contribution in [0.3, 0.4) is 0 Å². The zero-order chi connectivity index (χ0) is 26.4. The minimum absolute atomic E-state index is 0.0382. The van der Waals surface area contributed by atoms with Gasteiger partial charge in [0.15, 0.2) is 0 Å². The monoisotopic (exact) mass is 657 g/mol. The molecule has 0 radical (unpaired) electrons. The normalized spacial score (nSPS) is 12.5. The second kappa shape index (κ2) is 32.5. The highest BCUT2D eigenvalue weighted by atomic mass is 32.2. The van der Waals surface area contributed by atoms with Crippen LogP contribution in [-0.2, 0) is 21.0 Å². The molecule has 8 nitrogen and oxygen atoms in total. The fourth-order valence-corrected chi connectivity index (χ4v) is 8.65. The van der Waals surface area contributed by atoms with Crippen molar-refractivity contribution in [1.29, 1.82) is 0 Å². The smallest absolute Gasteiger partial charge is 0.279 e. The van der Waals surface area contributed by atoms with E-state index in [1.54, 1.807) is 64.4 Å². The van der Waals surface area contributed by atoms with Crippen LogP contribution in [0, 0.1) is 0 Å². The van der Waals surface area contributed by atoms with Crippen LogP contribution in [0.5, 0.6) is 0 Å². The van der Waals surface area contributed by atoms with Gasteiger partial charge >= 0.3 is 0 Å². The van der Waals surface area contributed by atoms with Crippen molar-refractivity contribution in [3.8, 4) is 0 Å². The maximum Gasteiger partial charge on any atom is 0.279 e. The lowest BCUT2D eigenvalue weighted by Crippen LogP contribution is -2.22. The van der Waals surface area contributed by atoms with Crippen molar-refractivity contribution < 1.29 is 24.2 Å². The molecule has 1 unspecified atom stereocenters. The third kappa shape index (κ3) is 31.5. The molecule has 1 atom stereocenters. The predicted molar refractivity (Wildman–Crippen MR) is 175 cm³/mol. The van der Waals surface area contributed by atoms with Gasteiger partial charge in [0.2, 0.25) is 11.9 Å². The topological polar surface area (TPSA) is 116 Å². The van der Waals surface area contributed by atoms with Crippen molar-refractivity contribution in [2.75, 3.05) is 101 Å². The Morgan fingerprint density at radius 1 is 0.944 bits per heavy atom. The summed E-state index contributed by atoms with van der Waals surface area (Å²) in [5.41, 5.74) is 1.58. The first kappa shape index (κ1) is 37.3. The number of aliphatic hydroxyl groups excluding tert-OH is 1. The Labute approximate surface area is 249 Å². The fourth-order valence-electron chi connectivity index (χ4n) is 1.84. The van der Waals surface area contributed by atoms with Crippen LogP contribution in [0.15, 0.2) is 9.98 Å². The van der Waals surface area contributed by atoms with E-state index in [0.29, 0.717) is 31.2 Å². The van der Waals surface area contributed by atoms with E-state index in [9.17, 15) is 9.35 Å². The van der Waals surface area contributed by atoms with Gasteiger partial charge in [-0.1, -0.05) is 11.8 Å². The molecule has 0 aromatic carbocycles. The summed E-state index contributed by atoms with van der Waals surface area (Å²) in [6, 6.07) is 0. The van der Waals surface area contributed by atoms with Gasteiger partial charge in [-0.3, -0.25) is 9.79 Å². The van der Waals surface area contributed by atoms with Gasteiger partial charge in [-0.25, -0.2) is 4.99 Å². The van der Waals surface area contributed by atoms with E-state index in [1.807, 2.05) is 18.0 Å². The molecule has 0 heterocycles. The molecule has 0 saturated heterocycles. The number of carbonyl (C=O) groups is 1. The standard InChI is InChI=1S/C20H39N3O5S8/c1-29-7-2-22-17-36(26)15-14-34-19-33-12-13-35-20(25)23-4-9-32-18-31-8-3-21-16-28-27-6-11-30-10-5-24/h16-17,24H,2-15,18-19H2,1H3,(H,23,25)/b21-16+,22-17+. The van der Waals surface area contributed by atoms with E-state index in [1.165, 1.54) is 18.2 Å². The Morgan fingerprint density at radius 3 is 2.50 bits per heavy atom. The Kier molecular flexibility index (Phi) is 33.7. The first-order valence-corrected chi connectivity index (χ1v) is 20.8. The average molecular weight is 658 g/mol. The van der Waals surface area contributed by atoms with Crippen molar-refractivity contribution in [3.05, 3.63) is 0 Å². The van der Waals surface area contributed by atoms with Crippen LogP contribution in [-0.4, -0.2) is 128 Å². The molecule has 0 fully saturated rings. The lowest BCUT2D eigenvalue weighted by atomic mass is 10.8. The van der Waals surface area contributed by atoms with Gasteiger partial charge in [0.25, 0.3) is 5.24 Å². The lowest BCUT2D eigenvalue weighted by molar-refractivity contribution is -0.210. The van der Waals surface area contributed by atoms with Crippen LogP contribution >= 0.6 is 82.3 Å². The highest BCUT2D eigenvalue weighted by Gasteiger charge is 2.04. The van der Waals surface area contributed by atoms with Crippen LogP contribution < -0.4 is 5.32 Å². The lowest BCUT2D eigenvalue weighted by Gasteiger charge is -2.06. The third-order valence-corrected chi connectivity index (χ3v) is 11.9. The predicted octanol–water partition coefficient (Wildman–Crippen LogP) is 4.12. The van der Waals surface area contributed by atoms with E-state index in [0.717, 1.165) is 57.0 Å². The third-order valence-electron chi connectivity index (χ3n) is 3.45. The molecule has 0 rings (SSSR count). The van der Waals surface area contributed by atoms with Gasteiger partial charge in [0.1, 0.15) is 12.4 Å². The Balaban J connectivity index is 3.29. The highest BCUT2D eigenvalue weighted by molar-refractivity contribution is 8.18. The number of rotatable bonds is 27. The molecule has 0 bridgehead atoms. The highest BCUT2D eigenvalue weighted by Crippen LogP contribution is 2.15. The number of aliphatic imine (C=N–C) groups is 2. The van der Waals surface area contributed by atoms with Crippen molar-refractivity contribution in [1.82, 2.24) is 5.32 Å². The minimum atomic E-state index is -0.960. The summed E-state index contributed by atoms with van der Waals surface area (Å²) in [5.74, 6) is 7.48. The maximum absolute atomic E-state index is 11.9. The second-order valence-corrected chi connectivity index (χ2v) is 16.1. The maximum atomic E-state index is 11.9. The second-order valence-electron chi connectivity index (χ2n) is 6.29. The summed E-state index contributed by atoms with van der Waals surface area (Å²) in [5, 5.41) is 13.5. The quantitative estimate of drug-likeness (QED) is 0.0252. The van der Waals surface area contributed by atoms with Crippen molar-refractivity contribution in [2.24, 2.45) is 9.98 Å². The number of carbonyl (C=O) groups excluding carboxylic acids is 1. The summed E-state index contributed by atoms with van der Waals surface area (Å²) < 4.78 is 11.7. The first-order chi connectivity index (χ1) is 17.7. The van der Waals surface area contributed by atoms with Crippen molar-refractivity contribution in [2.45, 2.75) is 0 Å². The molecule has 0 aliphatic heterocycles. The molecular formula is C20H39N3O5S8. The molecule has 0 aromatic heterocycles. The Hall–Kier alpha value is 1.29. The average Bonchev–Trinajstić information content (AvgIpc) is 2.88. The number of nitrogens with zero attached hydrogens (tertiary/aromatic N) is 2. The molecule has 0 saturated carbocycles. The largest absolute Gasteiger partial charge is 0.611 e. The molecule has 212 valence electrons. The number of aliphatic hydroxyl groups is 1. The van der Waals surface area contributed by atoms with Gasteiger partial charge < -0.3 is 19.9 Å². The van der Waals surface area contributed by atoms with E-state index < -0.39 is 11.2 Å². The molecule has 16 heteroatoms. The molecule has 36 heavy (non-hydrogen) atoms. The number of hydrogen-bond acceptors (Lipinski definition) is 14. The summed E-state index contributed by atoms with van der Waals surface area (Å²) in [6.45, 7) is 2.73. The SMILES string of the molecule is CSCC/N=C/[S+]([O-])CCSCSCCSC(=O)NCCSCSCC/N=C/OOCCSCCO. The summed E-state index contributed by atoms with van der Waals surface area (Å²) in [6.07, 6.45) is 3.36. The van der Waals surface area contributed by atoms with Crippen LogP contribution in [0.1, 0.15) is 0 Å². The van der Waals surface area contributed by atoms with E-state index >= 15 is 0 Å². The molecular weight excluding hydrogens is 619 g/mol. The van der Waals surface area contributed by atoms with Gasteiger partial charge in [0.05, 0.1) is 19.7 Å². The number of nitrogens with one attached hydrogen (secondary N) is 1. The van der Waals surface area contributed by atoms with Crippen molar-refractivity contribution in [3.63, 3.8) is 0 Å². The van der Waals surface area contributed by atoms with Gasteiger partial charge in [0, 0.05) is 62.7 Å². The molecule has 0 aliphatic carbocycles. The van der Waals surface area contributed by atoms with Gasteiger partial charge in [-0.05, 0) is 17.4 Å². The molecule has 0 spiro atoms. The number of hydrogen-bond donors (Lipinski definition) is 2. The number of thioether (sulfide) groups is 7. The summed E-state index contributed by atoms with van der Waals surface area (Å²) >= 11 is 10.9. The fraction of sp³-hybridized carbons (Fsp3) is 0.850. The van der Waals surface area contributed by atoms with E-state index in [-0.39, 0.29) is 11.8 Å². The Bertz CT molecular complexity index is 542. The van der Waals surface area contributed by atoms with Crippen LogP contribution in [0.4, 0.5) is 4.79 Å². The van der Waals surface area contributed by atoms with E-state index in [2.05, 4.69) is 15.3 Å². The van der Waals surface area contributed by atoms with Gasteiger partial charge in [-0.2, -0.15) is 40.2 Å². The first-order valence-electron chi connectivity index (χ1n) is 11.2. The summed E-state index contributed by atoms with van der Waals surface area (Å²) in [7, 11) is 0. The number of amides is 1. The molecule has 1 amide bonds.